The van der Waals surface area contributed by atoms with Crippen LogP contribution < -0.4 is 4.90 Å². The van der Waals surface area contributed by atoms with Crippen LogP contribution >= 0.6 is 0 Å². The maximum atomic E-state index is 12.4. The van der Waals surface area contributed by atoms with Crippen molar-refractivity contribution < 1.29 is 19.8 Å². The van der Waals surface area contributed by atoms with E-state index in [0.29, 0.717) is 5.56 Å². The number of hydrogen-bond donors (Lipinski definition) is 2. The van der Waals surface area contributed by atoms with Gasteiger partial charge in [0.2, 0.25) is 0 Å². The summed E-state index contributed by atoms with van der Waals surface area (Å²) < 4.78 is 0. The van der Waals surface area contributed by atoms with Crippen LogP contribution in [-0.2, 0) is 4.79 Å². The largest absolute Gasteiger partial charge is 0.480 e. The molecule has 6 heteroatoms. The molecule has 1 aromatic rings. The molecule has 0 saturated carbocycles. The van der Waals surface area contributed by atoms with E-state index in [2.05, 4.69) is 0 Å². The molecule has 0 aromatic heterocycles. The van der Waals surface area contributed by atoms with E-state index in [0.717, 1.165) is 5.69 Å². The summed E-state index contributed by atoms with van der Waals surface area (Å²) in [4.78, 5) is 26.7. The van der Waals surface area contributed by atoms with E-state index in [-0.39, 0.29) is 18.9 Å². The highest BCUT2D eigenvalue weighted by molar-refractivity contribution is 5.97. The predicted molar refractivity (Wildman–Crippen MR) is 73.9 cm³/mol. The fourth-order valence-electron chi connectivity index (χ4n) is 2.36. The van der Waals surface area contributed by atoms with Crippen molar-refractivity contribution in [1.82, 2.24) is 4.90 Å². The maximum absolute atomic E-state index is 12.4. The summed E-state index contributed by atoms with van der Waals surface area (Å²) in [5, 5.41) is 18.7. The first-order valence-electron chi connectivity index (χ1n) is 6.39. The predicted octanol–water partition coefficient (Wildman–Crippen LogP) is 0.413. The van der Waals surface area contributed by atoms with Gasteiger partial charge in [0.05, 0.1) is 6.10 Å². The smallest absolute Gasteiger partial charge is 0.326 e. The Morgan fingerprint density at radius 1 is 1.35 bits per heavy atom. The molecule has 0 bridgehead atoms. The SMILES string of the molecule is CN(C)c1cccc(C(=O)N2CC(O)C[C@H]2C(=O)O)c1. The summed E-state index contributed by atoms with van der Waals surface area (Å²) in [6, 6.07) is 6.03. The number of benzene rings is 1. The van der Waals surface area contributed by atoms with Crippen LogP contribution in [0.25, 0.3) is 0 Å². The highest BCUT2D eigenvalue weighted by Gasteiger charge is 2.39. The number of aliphatic hydroxyl groups excluding tert-OH is 1. The summed E-state index contributed by atoms with van der Waals surface area (Å²) in [7, 11) is 3.73. The zero-order valence-corrected chi connectivity index (χ0v) is 11.5. The van der Waals surface area contributed by atoms with E-state index in [1.807, 2.05) is 25.1 Å². The maximum Gasteiger partial charge on any atom is 0.326 e. The number of carbonyl (C=O) groups excluding carboxylic acids is 1. The lowest BCUT2D eigenvalue weighted by Crippen LogP contribution is -2.40. The van der Waals surface area contributed by atoms with Gasteiger partial charge in [-0.25, -0.2) is 4.79 Å². The molecule has 0 spiro atoms. The summed E-state index contributed by atoms with van der Waals surface area (Å²) >= 11 is 0. The number of likely N-dealkylation sites (tertiary alicyclic amines) is 1. The Morgan fingerprint density at radius 2 is 2.05 bits per heavy atom. The second kappa shape index (κ2) is 5.50. The molecule has 1 fully saturated rings. The van der Waals surface area contributed by atoms with Gasteiger partial charge in [-0.05, 0) is 18.2 Å². The molecule has 1 heterocycles. The van der Waals surface area contributed by atoms with Crippen LogP contribution in [-0.4, -0.2) is 59.8 Å². The van der Waals surface area contributed by atoms with Crippen LogP contribution in [0.3, 0.4) is 0 Å². The molecule has 1 aromatic carbocycles. The van der Waals surface area contributed by atoms with Gasteiger partial charge in [-0.1, -0.05) is 6.07 Å². The van der Waals surface area contributed by atoms with E-state index in [4.69, 9.17) is 5.11 Å². The second-order valence-corrected chi connectivity index (χ2v) is 5.15. The number of amides is 1. The van der Waals surface area contributed by atoms with Crippen LogP contribution in [0.1, 0.15) is 16.8 Å². The van der Waals surface area contributed by atoms with Gasteiger partial charge in [-0.15, -0.1) is 0 Å². The Hall–Kier alpha value is -2.08. The molecule has 1 saturated heterocycles. The van der Waals surface area contributed by atoms with Crippen LogP contribution in [0.5, 0.6) is 0 Å². The minimum Gasteiger partial charge on any atom is -0.480 e. The fraction of sp³-hybridized carbons (Fsp3) is 0.429. The van der Waals surface area contributed by atoms with Crippen molar-refractivity contribution in [2.24, 2.45) is 0 Å². The first-order chi connectivity index (χ1) is 9.40. The van der Waals surface area contributed by atoms with Gasteiger partial charge in [0, 0.05) is 38.3 Å². The van der Waals surface area contributed by atoms with Gasteiger partial charge in [0.15, 0.2) is 0 Å². The molecule has 20 heavy (non-hydrogen) atoms. The van der Waals surface area contributed by atoms with E-state index >= 15 is 0 Å². The molecule has 1 aliphatic heterocycles. The van der Waals surface area contributed by atoms with Crippen LogP contribution in [0, 0.1) is 0 Å². The Labute approximate surface area is 117 Å². The number of nitrogens with zero attached hydrogens (tertiary/aromatic N) is 2. The molecule has 2 rings (SSSR count). The molecule has 1 amide bonds. The standard InChI is InChI=1S/C14H18N2O4/c1-15(2)10-5-3-4-9(6-10)13(18)16-8-11(17)7-12(16)14(19)20/h3-6,11-12,17H,7-8H2,1-2H3,(H,19,20)/t11?,12-/m0/s1. The lowest BCUT2D eigenvalue weighted by molar-refractivity contribution is -0.141. The van der Waals surface area contributed by atoms with Crippen molar-refractivity contribution in [2.45, 2.75) is 18.6 Å². The van der Waals surface area contributed by atoms with Crippen LogP contribution in [0.15, 0.2) is 24.3 Å². The van der Waals surface area contributed by atoms with E-state index in [9.17, 15) is 14.7 Å². The molecule has 2 atom stereocenters. The first-order valence-corrected chi connectivity index (χ1v) is 6.39. The highest BCUT2D eigenvalue weighted by atomic mass is 16.4. The molecule has 1 unspecified atom stereocenters. The zero-order chi connectivity index (χ0) is 14.9. The normalized spacial score (nSPS) is 21.9. The number of aliphatic carboxylic acids is 1. The summed E-state index contributed by atoms with van der Waals surface area (Å²) in [6.45, 7) is 0.0575. The molecule has 108 valence electrons. The summed E-state index contributed by atoms with van der Waals surface area (Å²) in [5.74, 6) is -1.45. The number of carboxylic acid groups (broad SMARTS) is 1. The molecule has 2 N–H and O–H groups in total. The third-order valence-electron chi connectivity index (χ3n) is 3.43. The Kier molecular flexibility index (Phi) is 3.94. The van der Waals surface area contributed by atoms with E-state index in [1.54, 1.807) is 18.2 Å². The van der Waals surface area contributed by atoms with Crippen molar-refractivity contribution in [1.29, 1.82) is 0 Å². The monoisotopic (exact) mass is 278 g/mol. The molecule has 0 radical (unpaired) electrons. The Morgan fingerprint density at radius 3 is 2.65 bits per heavy atom. The van der Waals surface area contributed by atoms with Gasteiger partial charge in [-0.3, -0.25) is 4.79 Å². The quantitative estimate of drug-likeness (QED) is 0.837. The lowest BCUT2D eigenvalue weighted by Gasteiger charge is -2.22. The number of hydrogen-bond acceptors (Lipinski definition) is 4. The minimum atomic E-state index is -1.08. The first kappa shape index (κ1) is 14.3. The van der Waals surface area contributed by atoms with E-state index in [1.165, 1.54) is 4.90 Å². The van der Waals surface area contributed by atoms with Crippen molar-refractivity contribution in [2.75, 3.05) is 25.5 Å². The van der Waals surface area contributed by atoms with Gasteiger partial charge < -0.3 is 20.0 Å². The lowest BCUT2D eigenvalue weighted by atomic mass is 10.1. The molecule has 1 aliphatic rings. The third-order valence-corrected chi connectivity index (χ3v) is 3.43. The van der Waals surface area contributed by atoms with Gasteiger partial charge >= 0.3 is 5.97 Å². The number of carbonyl (C=O) groups is 2. The average molecular weight is 278 g/mol. The van der Waals surface area contributed by atoms with Crippen LogP contribution in [0.4, 0.5) is 5.69 Å². The topological polar surface area (TPSA) is 81.1 Å². The average Bonchev–Trinajstić information content (AvgIpc) is 2.80. The van der Waals surface area contributed by atoms with Crippen molar-refractivity contribution in [3.05, 3.63) is 29.8 Å². The summed E-state index contributed by atoms with van der Waals surface area (Å²) in [5.41, 5.74) is 1.29. The van der Waals surface area contributed by atoms with Gasteiger partial charge in [0.25, 0.3) is 5.91 Å². The number of anilines is 1. The fourth-order valence-corrected chi connectivity index (χ4v) is 2.36. The second-order valence-electron chi connectivity index (χ2n) is 5.15. The Balaban J connectivity index is 2.26. The number of aliphatic hydroxyl groups is 1. The van der Waals surface area contributed by atoms with Crippen molar-refractivity contribution >= 4 is 17.6 Å². The number of β-amino-alcohol motifs (C(OH)–C–C–N with tert-alkyl or cyclic N) is 1. The molecular formula is C14H18N2O4. The number of carboxylic acids is 1. The van der Waals surface area contributed by atoms with Crippen molar-refractivity contribution in [3.8, 4) is 0 Å². The molecular weight excluding hydrogens is 260 g/mol. The minimum absolute atomic E-state index is 0.0575. The summed E-state index contributed by atoms with van der Waals surface area (Å²) in [6.07, 6.45) is -0.703. The Bertz CT molecular complexity index is 530. The highest BCUT2D eigenvalue weighted by Crippen LogP contribution is 2.22. The van der Waals surface area contributed by atoms with Gasteiger partial charge in [-0.2, -0.15) is 0 Å². The molecule has 6 nitrogen and oxygen atoms in total. The van der Waals surface area contributed by atoms with Crippen LogP contribution in [0.2, 0.25) is 0 Å². The number of rotatable bonds is 3. The molecule has 0 aliphatic carbocycles. The van der Waals surface area contributed by atoms with Gasteiger partial charge in [0.1, 0.15) is 6.04 Å². The zero-order valence-electron chi connectivity index (χ0n) is 11.5. The third kappa shape index (κ3) is 2.75. The van der Waals surface area contributed by atoms with E-state index < -0.39 is 18.1 Å². The van der Waals surface area contributed by atoms with Crippen molar-refractivity contribution in [3.63, 3.8) is 0 Å².